The van der Waals surface area contributed by atoms with Crippen molar-refractivity contribution in [3.8, 4) is 5.69 Å². The number of likely N-dealkylation sites (tertiary alicyclic amines) is 1. The van der Waals surface area contributed by atoms with E-state index in [0.29, 0.717) is 12.1 Å². The van der Waals surface area contributed by atoms with Crippen LogP contribution in [0.4, 0.5) is 0 Å². The molecule has 2 atom stereocenters. The molecule has 1 fully saturated rings. The summed E-state index contributed by atoms with van der Waals surface area (Å²) in [4.78, 5) is 7.02. The molecule has 6 heteroatoms. The lowest BCUT2D eigenvalue weighted by Crippen LogP contribution is -2.51. The summed E-state index contributed by atoms with van der Waals surface area (Å²) in [6, 6.07) is 22.3. The van der Waals surface area contributed by atoms with Crippen molar-refractivity contribution in [3.63, 3.8) is 0 Å². The Bertz CT molecular complexity index is 965. The van der Waals surface area contributed by atoms with Crippen LogP contribution in [0.2, 0.25) is 0 Å². The predicted octanol–water partition coefficient (Wildman–Crippen LogP) is 3.63. The summed E-state index contributed by atoms with van der Waals surface area (Å²) in [6.45, 7) is 5.32. The molecule has 2 aromatic carbocycles. The van der Waals surface area contributed by atoms with Gasteiger partial charge in [0.25, 0.3) is 0 Å². The quantitative estimate of drug-likeness (QED) is 0.444. The molecule has 0 aliphatic carbocycles. The highest BCUT2D eigenvalue weighted by Crippen LogP contribution is 2.20. The molecule has 3 aromatic rings. The van der Waals surface area contributed by atoms with Crippen molar-refractivity contribution in [1.29, 1.82) is 0 Å². The first-order chi connectivity index (χ1) is 15.7. The van der Waals surface area contributed by atoms with Crippen LogP contribution in [-0.2, 0) is 13.0 Å². The number of aliphatic imine (C=N–C) groups is 1. The maximum atomic E-state index is 4.44. The molecular formula is C26H34N6. The van der Waals surface area contributed by atoms with Crippen LogP contribution in [-0.4, -0.2) is 52.9 Å². The summed E-state index contributed by atoms with van der Waals surface area (Å²) in [6.07, 6.45) is 6.96. The van der Waals surface area contributed by atoms with Crippen LogP contribution in [0.15, 0.2) is 78.0 Å². The Balaban J connectivity index is 1.20. The zero-order valence-corrected chi connectivity index (χ0v) is 19.1. The topological polar surface area (TPSA) is 57.5 Å². The molecule has 0 saturated carbocycles. The normalized spacial score (nSPS) is 19.6. The molecule has 0 radical (unpaired) electrons. The van der Waals surface area contributed by atoms with Gasteiger partial charge in [0.05, 0.1) is 5.69 Å². The van der Waals surface area contributed by atoms with Crippen LogP contribution in [0, 0.1) is 0 Å². The third-order valence-corrected chi connectivity index (χ3v) is 6.22. The molecule has 1 aromatic heterocycles. The molecule has 0 bridgehead atoms. The number of guanidine groups is 1. The second kappa shape index (κ2) is 11.0. The smallest absolute Gasteiger partial charge is 0.191 e. The summed E-state index contributed by atoms with van der Waals surface area (Å²) in [5.41, 5.74) is 3.77. The van der Waals surface area contributed by atoms with Crippen molar-refractivity contribution in [2.75, 3.05) is 20.1 Å². The maximum absolute atomic E-state index is 4.44. The molecule has 1 saturated heterocycles. The van der Waals surface area contributed by atoms with Crippen molar-refractivity contribution < 1.29 is 0 Å². The molecule has 2 heterocycles. The molecular weight excluding hydrogens is 396 g/mol. The van der Waals surface area contributed by atoms with Gasteiger partial charge in [0, 0.05) is 51.2 Å². The summed E-state index contributed by atoms with van der Waals surface area (Å²) >= 11 is 0. The fourth-order valence-electron chi connectivity index (χ4n) is 4.35. The molecule has 32 heavy (non-hydrogen) atoms. The standard InChI is InChI=1S/C26H34N6/c1-21-19-24(14-18-31(21)20-23-7-4-3-5-8-23)30-26(27-2)28-16-13-22-9-11-25(12-10-22)32-17-6-15-29-32/h3-12,15,17,21,24H,13-14,16,18-20H2,1-2H3,(H2,27,28,30). The number of rotatable bonds is 7. The van der Waals surface area contributed by atoms with Crippen LogP contribution in [0.3, 0.4) is 0 Å². The highest BCUT2D eigenvalue weighted by molar-refractivity contribution is 5.80. The number of nitrogens with one attached hydrogen (secondary N) is 2. The van der Waals surface area contributed by atoms with E-state index in [9.17, 15) is 0 Å². The highest BCUT2D eigenvalue weighted by atomic mass is 15.3. The molecule has 1 aliphatic rings. The van der Waals surface area contributed by atoms with Crippen LogP contribution in [0.5, 0.6) is 0 Å². The van der Waals surface area contributed by atoms with Crippen molar-refractivity contribution >= 4 is 5.96 Å². The summed E-state index contributed by atoms with van der Waals surface area (Å²) in [5.74, 6) is 0.895. The monoisotopic (exact) mass is 430 g/mol. The molecule has 2 N–H and O–H groups in total. The number of nitrogens with zero attached hydrogens (tertiary/aromatic N) is 4. The Morgan fingerprint density at radius 3 is 2.56 bits per heavy atom. The molecule has 1 aliphatic heterocycles. The van der Waals surface area contributed by atoms with E-state index in [0.717, 1.165) is 50.5 Å². The molecule has 0 amide bonds. The van der Waals surface area contributed by atoms with Gasteiger partial charge in [-0.15, -0.1) is 0 Å². The Hall–Kier alpha value is -3.12. The van der Waals surface area contributed by atoms with E-state index in [1.165, 1.54) is 11.1 Å². The molecule has 0 spiro atoms. The fourth-order valence-corrected chi connectivity index (χ4v) is 4.35. The van der Waals surface area contributed by atoms with Gasteiger partial charge < -0.3 is 10.6 Å². The second-order valence-corrected chi connectivity index (χ2v) is 8.54. The predicted molar refractivity (Wildman–Crippen MR) is 131 cm³/mol. The third kappa shape index (κ3) is 5.98. The van der Waals surface area contributed by atoms with Crippen LogP contribution in [0.25, 0.3) is 5.69 Å². The zero-order chi connectivity index (χ0) is 22.2. The van der Waals surface area contributed by atoms with Gasteiger partial charge in [0.1, 0.15) is 0 Å². The van der Waals surface area contributed by atoms with E-state index >= 15 is 0 Å². The van der Waals surface area contributed by atoms with Crippen molar-refractivity contribution in [3.05, 3.63) is 84.2 Å². The van der Waals surface area contributed by atoms with Gasteiger partial charge in [0.2, 0.25) is 0 Å². The first-order valence-electron chi connectivity index (χ1n) is 11.6. The molecule has 168 valence electrons. The minimum atomic E-state index is 0.455. The SMILES string of the molecule is CN=C(NCCc1ccc(-n2cccn2)cc1)NC1CCN(Cc2ccccc2)C(C)C1. The molecule has 6 nitrogen and oxygen atoms in total. The highest BCUT2D eigenvalue weighted by Gasteiger charge is 2.25. The number of piperidine rings is 1. The summed E-state index contributed by atoms with van der Waals surface area (Å²) in [5, 5.41) is 11.4. The van der Waals surface area contributed by atoms with Crippen molar-refractivity contribution in [2.45, 2.75) is 44.8 Å². The average Bonchev–Trinajstić information content (AvgIpc) is 3.36. The largest absolute Gasteiger partial charge is 0.356 e. The molecule has 4 rings (SSSR count). The Morgan fingerprint density at radius 2 is 1.88 bits per heavy atom. The Morgan fingerprint density at radius 1 is 1.06 bits per heavy atom. The van der Waals surface area contributed by atoms with Crippen molar-refractivity contribution in [2.24, 2.45) is 4.99 Å². The Kier molecular flexibility index (Phi) is 7.56. The van der Waals surface area contributed by atoms with Gasteiger partial charge in [-0.3, -0.25) is 9.89 Å². The fraction of sp³-hybridized carbons (Fsp3) is 0.385. The summed E-state index contributed by atoms with van der Waals surface area (Å²) in [7, 11) is 1.85. The summed E-state index contributed by atoms with van der Waals surface area (Å²) < 4.78 is 1.87. The van der Waals surface area contributed by atoms with Crippen LogP contribution in [0.1, 0.15) is 30.9 Å². The lowest BCUT2D eigenvalue weighted by molar-refractivity contribution is 0.134. The van der Waals surface area contributed by atoms with Gasteiger partial charge in [0.15, 0.2) is 5.96 Å². The van der Waals surface area contributed by atoms with Gasteiger partial charge in [-0.2, -0.15) is 5.10 Å². The van der Waals surface area contributed by atoms with Crippen LogP contribution >= 0.6 is 0 Å². The Labute approximate surface area is 191 Å². The lowest BCUT2D eigenvalue weighted by Gasteiger charge is -2.38. The van der Waals surface area contributed by atoms with Gasteiger partial charge >= 0.3 is 0 Å². The van der Waals surface area contributed by atoms with E-state index in [-0.39, 0.29) is 0 Å². The first kappa shape index (κ1) is 22.1. The third-order valence-electron chi connectivity index (χ3n) is 6.22. The minimum Gasteiger partial charge on any atom is -0.356 e. The van der Waals surface area contributed by atoms with Gasteiger partial charge in [-0.1, -0.05) is 42.5 Å². The average molecular weight is 431 g/mol. The number of hydrogen-bond acceptors (Lipinski definition) is 3. The van der Waals surface area contributed by atoms with E-state index < -0.39 is 0 Å². The van der Waals surface area contributed by atoms with E-state index in [1.807, 2.05) is 24.0 Å². The van der Waals surface area contributed by atoms with Gasteiger partial charge in [-0.05, 0) is 55.5 Å². The van der Waals surface area contributed by atoms with Crippen molar-refractivity contribution in [1.82, 2.24) is 25.3 Å². The van der Waals surface area contributed by atoms with E-state index in [1.54, 1.807) is 6.20 Å². The number of benzene rings is 2. The van der Waals surface area contributed by atoms with Crippen LogP contribution < -0.4 is 10.6 Å². The zero-order valence-electron chi connectivity index (χ0n) is 19.1. The van der Waals surface area contributed by atoms with E-state index in [2.05, 4.69) is 87.1 Å². The number of hydrogen-bond donors (Lipinski definition) is 2. The van der Waals surface area contributed by atoms with E-state index in [4.69, 9.17) is 0 Å². The maximum Gasteiger partial charge on any atom is 0.191 e. The number of aromatic nitrogens is 2. The lowest BCUT2D eigenvalue weighted by atomic mass is 9.97. The molecule has 2 unspecified atom stereocenters. The van der Waals surface area contributed by atoms with Gasteiger partial charge in [-0.25, -0.2) is 4.68 Å². The second-order valence-electron chi connectivity index (χ2n) is 8.54. The minimum absolute atomic E-state index is 0.455. The first-order valence-corrected chi connectivity index (χ1v) is 11.6.